The van der Waals surface area contributed by atoms with Crippen molar-refractivity contribution in [2.75, 3.05) is 0 Å². The predicted octanol–water partition coefficient (Wildman–Crippen LogP) is 12.0. The first-order valence-electron chi connectivity index (χ1n) is 19.6. The Hall–Kier alpha value is -6.96. The van der Waals surface area contributed by atoms with E-state index in [0.717, 1.165) is 49.9 Å². The Kier molecular flexibility index (Phi) is 7.25. The first-order valence-corrected chi connectivity index (χ1v) is 19.6. The molecule has 1 aliphatic rings. The number of nitrogens with one attached hydrogen (secondary N) is 3. The molecule has 57 heavy (non-hydrogen) atoms. The van der Waals surface area contributed by atoms with E-state index in [2.05, 4.69) is 207 Å². The van der Waals surface area contributed by atoms with E-state index in [1.54, 1.807) is 0 Å². The molecule has 2 atom stereocenters. The van der Waals surface area contributed by atoms with Gasteiger partial charge in [0.2, 0.25) is 0 Å². The number of furan rings is 1. The van der Waals surface area contributed by atoms with E-state index in [4.69, 9.17) is 4.42 Å². The first-order chi connectivity index (χ1) is 28.3. The molecular weight excluding hydrogens is 699 g/mol. The minimum Gasteiger partial charge on any atom is -0.456 e. The molecule has 12 rings (SSSR count). The zero-order chi connectivity index (χ0) is 37.5. The SMILES string of the molecule is c1ccc(C2NC(c3ccccc3)NC(c3cccc(-n4c5ccccc5c5cc6c(cc54)c4c5c(ccc4n6-c4ccccc4)oc4ccccc45)c3)N2)cc1. The molecule has 3 N–H and O–H groups in total. The Morgan fingerprint density at radius 2 is 0.877 bits per heavy atom. The third-order valence-electron chi connectivity index (χ3n) is 11.8. The Bertz CT molecular complexity index is 3240. The van der Waals surface area contributed by atoms with Gasteiger partial charge in [0.15, 0.2) is 0 Å². The van der Waals surface area contributed by atoms with Crippen molar-refractivity contribution >= 4 is 65.6 Å². The topological polar surface area (TPSA) is 59.1 Å². The van der Waals surface area contributed by atoms with E-state index in [1.807, 2.05) is 6.07 Å². The fourth-order valence-electron chi connectivity index (χ4n) is 9.27. The summed E-state index contributed by atoms with van der Waals surface area (Å²) in [6.07, 6.45) is -0.218. The predicted molar refractivity (Wildman–Crippen MR) is 233 cm³/mol. The summed E-state index contributed by atoms with van der Waals surface area (Å²) in [5, 5.41) is 18.7. The number of hydrogen-bond acceptors (Lipinski definition) is 4. The van der Waals surface area contributed by atoms with Crippen LogP contribution < -0.4 is 16.0 Å². The standard InChI is InChI=1S/C51H37N5O/c1-4-15-32(16-5-1)49-52-50(33-17-6-2-7-18-33)54-51(53-49)34-19-14-22-36(29-34)56-41-25-12-10-23-37(41)39-30-44-40(31-43(39)56)47-42(55(44)35-20-8-3-9-21-35)27-28-46-48(47)38-24-11-13-26-45(38)57-46/h1-31,49-54H. The van der Waals surface area contributed by atoms with Crippen molar-refractivity contribution in [1.29, 1.82) is 0 Å². The number of rotatable bonds is 5. The second-order valence-corrected chi connectivity index (χ2v) is 15.1. The van der Waals surface area contributed by atoms with Crippen LogP contribution in [0.2, 0.25) is 0 Å². The number of aromatic nitrogens is 2. The maximum Gasteiger partial charge on any atom is 0.136 e. The van der Waals surface area contributed by atoms with Gasteiger partial charge in [0.05, 0.1) is 40.6 Å². The molecule has 0 amide bonds. The normalized spacial score (nSPS) is 17.4. The van der Waals surface area contributed by atoms with Crippen LogP contribution in [0.5, 0.6) is 0 Å². The molecule has 272 valence electrons. The number of fused-ring (bicyclic) bond motifs is 10. The molecule has 3 aromatic heterocycles. The largest absolute Gasteiger partial charge is 0.456 e. The van der Waals surface area contributed by atoms with Crippen LogP contribution in [0.1, 0.15) is 35.2 Å². The van der Waals surface area contributed by atoms with Gasteiger partial charge in [0.1, 0.15) is 11.2 Å². The van der Waals surface area contributed by atoms with E-state index in [0.29, 0.717) is 0 Å². The van der Waals surface area contributed by atoms with Gasteiger partial charge in [-0.15, -0.1) is 0 Å². The van der Waals surface area contributed by atoms with Crippen LogP contribution in [0.3, 0.4) is 0 Å². The Morgan fingerprint density at radius 3 is 1.61 bits per heavy atom. The van der Waals surface area contributed by atoms with Gasteiger partial charge in [-0.3, -0.25) is 16.0 Å². The van der Waals surface area contributed by atoms with Gasteiger partial charge >= 0.3 is 0 Å². The highest BCUT2D eigenvalue weighted by Gasteiger charge is 2.30. The summed E-state index contributed by atoms with van der Waals surface area (Å²) >= 11 is 0. The smallest absolute Gasteiger partial charge is 0.136 e. The van der Waals surface area contributed by atoms with Crippen LogP contribution >= 0.6 is 0 Å². The maximum absolute atomic E-state index is 6.46. The van der Waals surface area contributed by atoms with Crippen molar-refractivity contribution in [3.05, 3.63) is 205 Å². The molecule has 1 fully saturated rings. The minimum atomic E-state index is -0.118. The van der Waals surface area contributed by atoms with Crippen LogP contribution in [0.25, 0.3) is 76.9 Å². The maximum atomic E-state index is 6.46. The van der Waals surface area contributed by atoms with Crippen LogP contribution in [0, 0.1) is 0 Å². The summed E-state index contributed by atoms with van der Waals surface area (Å²) in [7, 11) is 0. The molecule has 8 aromatic carbocycles. The fourth-order valence-corrected chi connectivity index (χ4v) is 9.27. The van der Waals surface area contributed by atoms with Crippen molar-refractivity contribution in [3.8, 4) is 11.4 Å². The molecule has 1 saturated heterocycles. The zero-order valence-corrected chi connectivity index (χ0v) is 30.9. The van der Waals surface area contributed by atoms with Crippen molar-refractivity contribution in [2.24, 2.45) is 0 Å². The fraction of sp³-hybridized carbons (Fsp3) is 0.0588. The van der Waals surface area contributed by atoms with Gasteiger partial charge in [-0.1, -0.05) is 127 Å². The van der Waals surface area contributed by atoms with Crippen LogP contribution in [-0.4, -0.2) is 9.13 Å². The molecule has 6 nitrogen and oxygen atoms in total. The highest BCUT2D eigenvalue weighted by Crippen LogP contribution is 2.44. The summed E-state index contributed by atoms with van der Waals surface area (Å²) in [6.45, 7) is 0. The molecule has 2 unspecified atom stereocenters. The van der Waals surface area contributed by atoms with Crippen LogP contribution in [0.4, 0.5) is 0 Å². The Labute approximate surface area is 328 Å². The number of hydrogen-bond donors (Lipinski definition) is 3. The number of benzene rings is 8. The summed E-state index contributed by atoms with van der Waals surface area (Å²) in [6, 6.07) is 67.3. The Balaban J connectivity index is 1.09. The Morgan fingerprint density at radius 1 is 0.333 bits per heavy atom. The summed E-state index contributed by atoms with van der Waals surface area (Å²) in [5.41, 5.74) is 12.2. The second kappa shape index (κ2) is 12.8. The zero-order valence-electron chi connectivity index (χ0n) is 30.9. The molecular formula is C51H37N5O. The van der Waals surface area contributed by atoms with E-state index < -0.39 is 0 Å². The van der Waals surface area contributed by atoms with Gasteiger partial charge in [0, 0.05) is 43.7 Å². The highest BCUT2D eigenvalue weighted by atomic mass is 16.3. The number of para-hydroxylation sites is 3. The van der Waals surface area contributed by atoms with Gasteiger partial charge < -0.3 is 13.6 Å². The summed E-state index contributed by atoms with van der Waals surface area (Å²) in [5.74, 6) is 0. The van der Waals surface area contributed by atoms with Gasteiger partial charge in [-0.2, -0.15) is 0 Å². The molecule has 1 aliphatic heterocycles. The molecule has 0 aliphatic carbocycles. The molecule has 0 saturated carbocycles. The lowest BCUT2D eigenvalue weighted by molar-refractivity contribution is 0.203. The number of nitrogens with zero attached hydrogens (tertiary/aromatic N) is 2. The van der Waals surface area contributed by atoms with Crippen molar-refractivity contribution in [1.82, 2.24) is 25.1 Å². The van der Waals surface area contributed by atoms with Crippen molar-refractivity contribution in [3.63, 3.8) is 0 Å². The molecule has 0 bridgehead atoms. The van der Waals surface area contributed by atoms with E-state index in [1.165, 1.54) is 43.7 Å². The summed E-state index contributed by atoms with van der Waals surface area (Å²) < 4.78 is 11.3. The highest BCUT2D eigenvalue weighted by molar-refractivity contribution is 6.29. The molecule has 4 heterocycles. The van der Waals surface area contributed by atoms with Gasteiger partial charge in [-0.25, -0.2) is 0 Å². The van der Waals surface area contributed by atoms with Crippen LogP contribution in [0.15, 0.2) is 192 Å². The second-order valence-electron chi connectivity index (χ2n) is 15.1. The lowest BCUT2D eigenvalue weighted by Crippen LogP contribution is -2.54. The van der Waals surface area contributed by atoms with Crippen LogP contribution in [-0.2, 0) is 0 Å². The van der Waals surface area contributed by atoms with Gasteiger partial charge in [0.25, 0.3) is 0 Å². The molecule has 0 radical (unpaired) electrons. The molecule has 0 spiro atoms. The first kappa shape index (κ1) is 32.3. The van der Waals surface area contributed by atoms with Crippen molar-refractivity contribution in [2.45, 2.75) is 18.5 Å². The quantitative estimate of drug-likeness (QED) is 0.165. The van der Waals surface area contributed by atoms with E-state index in [9.17, 15) is 0 Å². The lowest BCUT2D eigenvalue weighted by Gasteiger charge is -2.39. The minimum absolute atomic E-state index is 0.0504. The third-order valence-corrected chi connectivity index (χ3v) is 11.8. The third kappa shape index (κ3) is 5.09. The van der Waals surface area contributed by atoms with Gasteiger partial charge in [-0.05, 0) is 77.4 Å². The van der Waals surface area contributed by atoms with E-state index >= 15 is 0 Å². The van der Waals surface area contributed by atoms with E-state index in [-0.39, 0.29) is 18.5 Å². The average molecular weight is 736 g/mol. The molecule has 11 aromatic rings. The lowest BCUT2D eigenvalue weighted by atomic mass is 10.0. The monoisotopic (exact) mass is 735 g/mol. The summed E-state index contributed by atoms with van der Waals surface area (Å²) in [4.78, 5) is 0. The average Bonchev–Trinajstić information content (AvgIpc) is 3.93. The van der Waals surface area contributed by atoms with Crippen molar-refractivity contribution < 1.29 is 4.42 Å². The molecule has 6 heteroatoms.